The molecule has 0 spiro atoms. The van der Waals surface area contributed by atoms with Crippen LogP contribution < -0.4 is 10.6 Å². The highest BCUT2D eigenvalue weighted by molar-refractivity contribution is 7.12. The summed E-state index contributed by atoms with van der Waals surface area (Å²) in [6.07, 6.45) is 0. The van der Waals surface area contributed by atoms with Crippen molar-refractivity contribution in [3.8, 4) is 0 Å². The van der Waals surface area contributed by atoms with E-state index in [4.69, 9.17) is 0 Å². The Morgan fingerprint density at radius 3 is 2.36 bits per heavy atom. The summed E-state index contributed by atoms with van der Waals surface area (Å²) in [6.45, 7) is 0.406. The molecule has 0 radical (unpaired) electrons. The SMILES string of the molecule is O=C(Nc1ccsc1C(=O)NCc1ccccc1)c1ccc(F)cc1. The fourth-order valence-corrected chi connectivity index (χ4v) is 3.00. The van der Waals surface area contributed by atoms with E-state index >= 15 is 0 Å². The van der Waals surface area contributed by atoms with Gasteiger partial charge in [0.05, 0.1) is 5.69 Å². The fourth-order valence-electron chi connectivity index (χ4n) is 2.24. The number of carbonyl (C=O) groups excluding carboxylic acids is 2. The Morgan fingerprint density at radius 1 is 0.920 bits per heavy atom. The molecule has 0 saturated carbocycles. The molecule has 2 aromatic carbocycles. The lowest BCUT2D eigenvalue weighted by Crippen LogP contribution is -2.23. The van der Waals surface area contributed by atoms with E-state index in [9.17, 15) is 14.0 Å². The minimum atomic E-state index is -0.409. The van der Waals surface area contributed by atoms with Crippen LogP contribution in [0.15, 0.2) is 66.0 Å². The van der Waals surface area contributed by atoms with E-state index in [0.717, 1.165) is 5.56 Å². The Bertz CT molecular complexity index is 876. The average molecular weight is 354 g/mol. The van der Waals surface area contributed by atoms with E-state index < -0.39 is 11.7 Å². The van der Waals surface area contributed by atoms with Crippen LogP contribution in [0.3, 0.4) is 0 Å². The van der Waals surface area contributed by atoms with E-state index in [1.807, 2.05) is 30.3 Å². The highest BCUT2D eigenvalue weighted by Crippen LogP contribution is 2.23. The lowest BCUT2D eigenvalue weighted by molar-refractivity contribution is 0.0955. The van der Waals surface area contributed by atoms with Gasteiger partial charge < -0.3 is 10.6 Å². The van der Waals surface area contributed by atoms with Gasteiger partial charge in [-0.2, -0.15) is 0 Å². The van der Waals surface area contributed by atoms with Gasteiger partial charge in [0.25, 0.3) is 11.8 Å². The molecule has 0 aliphatic carbocycles. The van der Waals surface area contributed by atoms with Crippen LogP contribution in [0.1, 0.15) is 25.6 Å². The van der Waals surface area contributed by atoms with Crippen molar-refractivity contribution in [1.82, 2.24) is 5.32 Å². The molecule has 3 rings (SSSR count). The lowest BCUT2D eigenvalue weighted by atomic mass is 10.2. The monoisotopic (exact) mass is 354 g/mol. The van der Waals surface area contributed by atoms with Crippen molar-refractivity contribution < 1.29 is 14.0 Å². The highest BCUT2D eigenvalue weighted by Gasteiger charge is 2.16. The van der Waals surface area contributed by atoms with E-state index in [0.29, 0.717) is 22.7 Å². The molecule has 0 aliphatic heterocycles. The third kappa shape index (κ3) is 4.30. The van der Waals surface area contributed by atoms with E-state index in [-0.39, 0.29) is 5.91 Å². The van der Waals surface area contributed by atoms with Crippen molar-refractivity contribution in [3.05, 3.63) is 87.9 Å². The van der Waals surface area contributed by atoms with Gasteiger partial charge in [0, 0.05) is 12.1 Å². The second kappa shape index (κ2) is 7.72. The number of anilines is 1. The summed E-state index contributed by atoms with van der Waals surface area (Å²) in [5.74, 6) is -1.06. The molecule has 1 aromatic heterocycles. The van der Waals surface area contributed by atoms with E-state index in [1.54, 1.807) is 11.4 Å². The Kier molecular flexibility index (Phi) is 5.20. The maximum absolute atomic E-state index is 12.9. The molecule has 2 amide bonds. The zero-order valence-electron chi connectivity index (χ0n) is 13.2. The number of nitrogens with one attached hydrogen (secondary N) is 2. The topological polar surface area (TPSA) is 58.2 Å². The molecule has 0 bridgehead atoms. The summed E-state index contributed by atoms with van der Waals surface area (Å²) >= 11 is 1.25. The number of benzene rings is 2. The second-order valence-electron chi connectivity index (χ2n) is 5.29. The van der Waals surface area contributed by atoms with Gasteiger partial charge in [-0.15, -0.1) is 11.3 Å². The first kappa shape index (κ1) is 16.9. The molecular weight excluding hydrogens is 339 g/mol. The number of halogens is 1. The van der Waals surface area contributed by atoms with Gasteiger partial charge in [-0.05, 0) is 41.3 Å². The number of rotatable bonds is 5. The van der Waals surface area contributed by atoms with Gasteiger partial charge >= 0.3 is 0 Å². The maximum atomic E-state index is 12.9. The normalized spacial score (nSPS) is 10.3. The van der Waals surface area contributed by atoms with Crippen LogP contribution in [0.25, 0.3) is 0 Å². The zero-order valence-corrected chi connectivity index (χ0v) is 14.0. The largest absolute Gasteiger partial charge is 0.347 e. The molecule has 1 heterocycles. The van der Waals surface area contributed by atoms with Crippen molar-refractivity contribution >= 4 is 28.8 Å². The zero-order chi connectivity index (χ0) is 17.6. The molecule has 2 N–H and O–H groups in total. The molecule has 3 aromatic rings. The van der Waals surface area contributed by atoms with E-state index in [2.05, 4.69) is 10.6 Å². The minimum Gasteiger partial charge on any atom is -0.347 e. The number of hydrogen-bond donors (Lipinski definition) is 2. The molecule has 25 heavy (non-hydrogen) atoms. The summed E-state index contributed by atoms with van der Waals surface area (Å²) in [4.78, 5) is 25.0. The second-order valence-corrected chi connectivity index (χ2v) is 6.21. The van der Waals surface area contributed by atoms with Crippen LogP contribution in [-0.2, 0) is 6.54 Å². The number of carbonyl (C=O) groups is 2. The summed E-state index contributed by atoms with van der Waals surface area (Å²) in [6, 6.07) is 16.5. The van der Waals surface area contributed by atoms with Gasteiger partial charge in [-0.1, -0.05) is 30.3 Å². The Labute approximate surface area is 148 Å². The summed E-state index contributed by atoms with van der Waals surface area (Å²) in [7, 11) is 0. The maximum Gasteiger partial charge on any atom is 0.263 e. The number of thiophene rings is 1. The molecular formula is C19H15FN2O2S. The van der Waals surface area contributed by atoms with Crippen molar-refractivity contribution in [2.75, 3.05) is 5.32 Å². The first-order valence-corrected chi connectivity index (χ1v) is 8.48. The third-order valence-electron chi connectivity index (χ3n) is 3.52. The van der Waals surface area contributed by atoms with Crippen molar-refractivity contribution in [2.45, 2.75) is 6.54 Å². The smallest absolute Gasteiger partial charge is 0.263 e. The van der Waals surface area contributed by atoms with Crippen LogP contribution in [0.2, 0.25) is 0 Å². The molecule has 0 unspecified atom stereocenters. The van der Waals surface area contributed by atoms with Crippen molar-refractivity contribution in [3.63, 3.8) is 0 Å². The molecule has 0 atom stereocenters. The average Bonchev–Trinajstić information content (AvgIpc) is 3.09. The minimum absolute atomic E-state index is 0.256. The first-order valence-electron chi connectivity index (χ1n) is 7.60. The predicted octanol–water partition coefficient (Wildman–Crippen LogP) is 4.07. The predicted molar refractivity (Wildman–Crippen MR) is 96.3 cm³/mol. The highest BCUT2D eigenvalue weighted by atomic mass is 32.1. The summed E-state index contributed by atoms with van der Waals surface area (Å²) < 4.78 is 12.9. The van der Waals surface area contributed by atoms with Gasteiger partial charge in [-0.25, -0.2) is 4.39 Å². The molecule has 4 nitrogen and oxygen atoms in total. The standard InChI is InChI=1S/C19H15FN2O2S/c20-15-8-6-14(7-9-15)18(23)22-16-10-11-25-17(16)19(24)21-12-13-4-2-1-3-5-13/h1-11H,12H2,(H,21,24)(H,22,23). The van der Waals surface area contributed by atoms with Crippen LogP contribution in [-0.4, -0.2) is 11.8 Å². The fraction of sp³-hybridized carbons (Fsp3) is 0.0526. The van der Waals surface area contributed by atoms with Gasteiger partial charge in [0.2, 0.25) is 0 Å². The molecule has 0 saturated heterocycles. The van der Waals surface area contributed by atoms with Crippen molar-refractivity contribution in [1.29, 1.82) is 0 Å². The summed E-state index contributed by atoms with van der Waals surface area (Å²) in [5.41, 5.74) is 1.75. The van der Waals surface area contributed by atoms with Crippen LogP contribution in [0.4, 0.5) is 10.1 Å². The first-order chi connectivity index (χ1) is 12.1. The van der Waals surface area contributed by atoms with Gasteiger partial charge in [0.15, 0.2) is 0 Å². The Hall–Kier alpha value is -2.99. The Balaban J connectivity index is 1.66. The van der Waals surface area contributed by atoms with Gasteiger partial charge in [0.1, 0.15) is 10.7 Å². The quantitative estimate of drug-likeness (QED) is 0.726. The van der Waals surface area contributed by atoms with Crippen LogP contribution in [0, 0.1) is 5.82 Å². The lowest BCUT2D eigenvalue weighted by Gasteiger charge is -2.08. The van der Waals surface area contributed by atoms with Gasteiger partial charge in [-0.3, -0.25) is 9.59 Å². The van der Waals surface area contributed by atoms with E-state index in [1.165, 1.54) is 35.6 Å². The third-order valence-corrected chi connectivity index (χ3v) is 4.44. The van der Waals surface area contributed by atoms with Crippen LogP contribution in [0.5, 0.6) is 0 Å². The molecule has 6 heteroatoms. The number of hydrogen-bond acceptors (Lipinski definition) is 3. The van der Waals surface area contributed by atoms with Crippen molar-refractivity contribution in [2.24, 2.45) is 0 Å². The molecule has 0 fully saturated rings. The summed E-state index contributed by atoms with van der Waals surface area (Å²) in [5, 5.41) is 7.26. The molecule has 0 aliphatic rings. The Morgan fingerprint density at radius 2 is 1.64 bits per heavy atom. The van der Waals surface area contributed by atoms with Crippen LogP contribution >= 0.6 is 11.3 Å². The number of amides is 2. The molecule has 126 valence electrons.